The van der Waals surface area contributed by atoms with Crippen molar-refractivity contribution < 1.29 is 22.7 Å². The van der Waals surface area contributed by atoms with E-state index in [1.54, 1.807) is 12.1 Å². The van der Waals surface area contributed by atoms with Crippen LogP contribution in [0.4, 0.5) is 24.5 Å². The molecule has 1 aromatic rings. The molecule has 4 rings (SSSR count). The number of anilines is 2. The molecule has 0 aromatic heterocycles. The van der Waals surface area contributed by atoms with E-state index in [0.717, 1.165) is 23.2 Å². The summed E-state index contributed by atoms with van der Waals surface area (Å²) in [6, 6.07) is 5.40. The van der Waals surface area contributed by atoms with Gasteiger partial charge in [-0.25, -0.2) is 13.7 Å². The van der Waals surface area contributed by atoms with Crippen molar-refractivity contribution in [2.45, 2.75) is 0 Å². The van der Waals surface area contributed by atoms with Crippen LogP contribution in [-0.4, -0.2) is 50.4 Å². The van der Waals surface area contributed by atoms with Gasteiger partial charge in [0.15, 0.2) is 0 Å². The van der Waals surface area contributed by atoms with Crippen LogP contribution in [0.2, 0.25) is 0 Å². The lowest BCUT2D eigenvalue weighted by atomic mass is 10.2. The van der Waals surface area contributed by atoms with Gasteiger partial charge in [-0.15, -0.1) is 0 Å². The number of benzene rings is 1. The summed E-state index contributed by atoms with van der Waals surface area (Å²) >= 11 is 0. The van der Waals surface area contributed by atoms with Crippen LogP contribution in [-0.2, 0) is 4.79 Å². The summed E-state index contributed by atoms with van der Waals surface area (Å²) in [6.07, 6.45) is 0.989. The van der Waals surface area contributed by atoms with Gasteiger partial charge in [-0.2, -0.15) is 4.39 Å². The lowest BCUT2D eigenvalue weighted by molar-refractivity contribution is -0.113. The molecule has 9 heteroatoms. The van der Waals surface area contributed by atoms with Gasteiger partial charge < -0.3 is 9.64 Å². The molecule has 0 saturated carbocycles. The van der Waals surface area contributed by atoms with Crippen molar-refractivity contribution in [1.29, 1.82) is 0 Å². The number of hydrogen-bond donors (Lipinski definition) is 0. The number of aliphatic imine (C=N–C) groups is 1. The number of carbonyl (C=O) groups excluding carboxylic acids is 1. The molecule has 6 nitrogen and oxygen atoms in total. The molecule has 0 spiro atoms. The van der Waals surface area contributed by atoms with E-state index < -0.39 is 18.8 Å². The first kappa shape index (κ1) is 17.8. The molecular formula is C17H17F3N4O2. The molecule has 0 N–H and O–H groups in total. The van der Waals surface area contributed by atoms with Crippen molar-refractivity contribution in [3.05, 3.63) is 42.5 Å². The van der Waals surface area contributed by atoms with E-state index in [1.165, 1.54) is 9.80 Å². The minimum Gasteiger partial charge on any atom is -0.485 e. The fourth-order valence-corrected chi connectivity index (χ4v) is 2.87. The van der Waals surface area contributed by atoms with Crippen molar-refractivity contribution in [1.82, 2.24) is 4.90 Å². The molecule has 0 saturated heterocycles. The van der Waals surface area contributed by atoms with Gasteiger partial charge in [-0.1, -0.05) is 6.58 Å². The molecular weight excluding hydrogens is 349 g/mol. The zero-order valence-electron chi connectivity index (χ0n) is 14.1. The number of amides is 1. The number of alkyl halides is 2. The van der Waals surface area contributed by atoms with Crippen molar-refractivity contribution in [3.63, 3.8) is 0 Å². The summed E-state index contributed by atoms with van der Waals surface area (Å²) in [6.45, 7) is 3.52. The van der Waals surface area contributed by atoms with Crippen molar-refractivity contribution in [3.8, 4) is 5.75 Å². The molecule has 0 radical (unpaired) electrons. The van der Waals surface area contributed by atoms with E-state index in [2.05, 4.69) is 11.6 Å². The van der Waals surface area contributed by atoms with Gasteiger partial charge >= 0.3 is 0 Å². The summed E-state index contributed by atoms with van der Waals surface area (Å²) in [5.41, 5.74) is 2.26. The average molecular weight is 366 g/mol. The van der Waals surface area contributed by atoms with Crippen LogP contribution in [0.15, 0.2) is 47.5 Å². The van der Waals surface area contributed by atoms with Gasteiger partial charge in [0.1, 0.15) is 12.4 Å². The molecule has 26 heavy (non-hydrogen) atoms. The second-order valence-electron chi connectivity index (χ2n) is 5.64. The first-order valence-corrected chi connectivity index (χ1v) is 7.81. The minimum absolute atomic E-state index is 0.327. The molecule has 0 unspecified atom stereocenters. The highest BCUT2D eigenvalue weighted by molar-refractivity contribution is 6.22. The van der Waals surface area contributed by atoms with Gasteiger partial charge in [-0.3, -0.25) is 14.7 Å². The molecule has 3 aliphatic rings. The number of nitrogens with zero attached hydrogens (tertiary/aromatic N) is 4. The van der Waals surface area contributed by atoms with Crippen LogP contribution in [0.3, 0.4) is 0 Å². The normalized spacial score (nSPS) is 18.4. The van der Waals surface area contributed by atoms with E-state index in [4.69, 9.17) is 4.74 Å². The Kier molecular flexibility index (Phi) is 4.88. The topological polar surface area (TPSA) is 48.4 Å². The Morgan fingerprint density at radius 1 is 1.35 bits per heavy atom. The van der Waals surface area contributed by atoms with Crippen LogP contribution in [0.25, 0.3) is 0 Å². The molecule has 3 heterocycles. The standard InChI is InChI=1S/C16H15FN4O2.CH2F2/c1-10-9-23-13-4-3-11(7-12(13)19(10)2)21-15(22)8-14(17)20-6-5-18-16(20)21;2-1-3/h3-4,7-8H,1,5-6,9H2,2H3;1H2. The average Bonchev–Trinajstić information content (AvgIpc) is 3.09. The monoisotopic (exact) mass is 366 g/mol. The van der Waals surface area contributed by atoms with E-state index in [-0.39, 0.29) is 0 Å². The zero-order valence-corrected chi connectivity index (χ0v) is 14.1. The zero-order chi connectivity index (χ0) is 18.8. The lowest BCUT2D eigenvalue weighted by Crippen LogP contribution is -2.48. The van der Waals surface area contributed by atoms with Gasteiger partial charge in [0.2, 0.25) is 18.8 Å². The van der Waals surface area contributed by atoms with Crippen LogP contribution >= 0.6 is 0 Å². The Bertz CT molecular complexity index is 809. The van der Waals surface area contributed by atoms with Gasteiger partial charge in [0.05, 0.1) is 24.0 Å². The number of hydrogen-bond acceptors (Lipinski definition) is 5. The van der Waals surface area contributed by atoms with E-state index in [1.807, 2.05) is 18.0 Å². The van der Waals surface area contributed by atoms with E-state index >= 15 is 0 Å². The lowest BCUT2D eigenvalue weighted by Gasteiger charge is -2.34. The summed E-state index contributed by atoms with van der Waals surface area (Å²) in [4.78, 5) is 21.3. The number of ether oxygens (including phenoxy) is 1. The number of carbonyl (C=O) groups is 1. The van der Waals surface area contributed by atoms with Crippen LogP contribution in [0, 0.1) is 0 Å². The van der Waals surface area contributed by atoms with Crippen molar-refractivity contribution >= 4 is 23.2 Å². The highest BCUT2D eigenvalue weighted by atomic mass is 19.3. The van der Waals surface area contributed by atoms with Gasteiger partial charge in [0, 0.05) is 19.3 Å². The molecule has 0 atom stereocenters. The number of rotatable bonds is 1. The smallest absolute Gasteiger partial charge is 0.262 e. The fourth-order valence-electron chi connectivity index (χ4n) is 2.87. The quantitative estimate of drug-likeness (QED) is 0.717. The summed E-state index contributed by atoms with van der Waals surface area (Å²) in [5, 5.41) is 0. The summed E-state index contributed by atoms with van der Waals surface area (Å²) in [7, 11) is 1.89. The predicted molar refractivity (Wildman–Crippen MR) is 92.2 cm³/mol. The molecule has 0 bridgehead atoms. The Labute approximate surface area is 148 Å². The Balaban J connectivity index is 0.000000613. The molecule has 0 fully saturated rings. The van der Waals surface area contributed by atoms with Crippen LogP contribution in [0.1, 0.15) is 0 Å². The summed E-state index contributed by atoms with van der Waals surface area (Å²) in [5.74, 6) is 0.0417. The maximum absolute atomic E-state index is 13.9. The predicted octanol–water partition coefficient (Wildman–Crippen LogP) is 2.74. The summed E-state index contributed by atoms with van der Waals surface area (Å²) < 4.78 is 38.8. The second kappa shape index (κ2) is 7.11. The van der Waals surface area contributed by atoms with Crippen molar-refractivity contribution in [2.75, 3.05) is 43.5 Å². The molecule has 138 valence electrons. The van der Waals surface area contributed by atoms with E-state index in [9.17, 15) is 18.0 Å². The number of likely N-dealkylation sites (N-methyl/N-ethyl adjacent to an activating group) is 1. The minimum atomic E-state index is -1.75. The highest BCUT2D eigenvalue weighted by Gasteiger charge is 2.36. The first-order chi connectivity index (χ1) is 12.5. The molecule has 3 aliphatic heterocycles. The number of fused-ring (bicyclic) bond motifs is 2. The third-order valence-corrected chi connectivity index (χ3v) is 4.17. The Morgan fingerprint density at radius 3 is 2.81 bits per heavy atom. The maximum Gasteiger partial charge on any atom is 0.262 e. The molecule has 1 amide bonds. The van der Waals surface area contributed by atoms with Crippen LogP contribution < -0.4 is 14.5 Å². The fraction of sp³-hybridized carbons (Fsp3) is 0.294. The highest BCUT2D eigenvalue weighted by Crippen LogP contribution is 2.38. The largest absolute Gasteiger partial charge is 0.485 e. The third-order valence-electron chi connectivity index (χ3n) is 4.17. The Hall–Kier alpha value is -2.97. The number of guanidine groups is 1. The second-order valence-corrected chi connectivity index (χ2v) is 5.64. The third kappa shape index (κ3) is 3.00. The SMILES string of the molecule is C=C1COc2ccc(N3C(=O)C=C(F)N4CCN=C43)cc2N1C.FCF. The van der Waals surface area contributed by atoms with Gasteiger partial charge in [-0.05, 0) is 18.2 Å². The van der Waals surface area contributed by atoms with Gasteiger partial charge in [0.25, 0.3) is 5.91 Å². The molecule has 1 aromatic carbocycles. The van der Waals surface area contributed by atoms with E-state index in [0.29, 0.717) is 31.3 Å². The van der Waals surface area contributed by atoms with Crippen LogP contribution in [0.5, 0.6) is 5.75 Å². The first-order valence-electron chi connectivity index (χ1n) is 7.81. The maximum atomic E-state index is 13.9. The van der Waals surface area contributed by atoms with Crippen molar-refractivity contribution in [2.24, 2.45) is 4.99 Å². The Morgan fingerprint density at radius 2 is 2.08 bits per heavy atom. The molecule has 0 aliphatic carbocycles. The number of halogens is 3.